The molecule has 0 aromatic heterocycles. The van der Waals surface area contributed by atoms with Crippen molar-refractivity contribution in [3.8, 4) is 0 Å². The fourth-order valence-electron chi connectivity index (χ4n) is 1.64. The molecule has 0 amide bonds. The third kappa shape index (κ3) is 3.24. The molecule has 1 aromatic rings. The Morgan fingerprint density at radius 1 is 0.947 bits per heavy atom. The molecule has 0 saturated carbocycles. The van der Waals surface area contributed by atoms with Gasteiger partial charge in [0.15, 0.2) is 15.6 Å². The van der Waals surface area contributed by atoms with E-state index in [9.17, 15) is 13.2 Å². The Kier molecular flexibility index (Phi) is 3.97. The topological polar surface area (TPSA) is 51.2 Å². The van der Waals surface area contributed by atoms with Gasteiger partial charge in [-0.2, -0.15) is 0 Å². The normalized spacial score (nSPS) is 13.4. The molecule has 1 aromatic carbocycles. The monoisotopic (exact) mass is 282 g/mol. The second-order valence-electron chi connectivity index (χ2n) is 6.44. The molecule has 0 aliphatic heterocycles. The van der Waals surface area contributed by atoms with Crippen molar-refractivity contribution < 1.29 is 13.2 Å². The Morgan fingerprint density at radius 2 is 1.37 bits per heavy atom. The summed E-state index contributed by atoms with van der Waals surface area (Å²) >= 11 is 0. The minimum atomic E-state index is -3.44. The van der Waals surface area contributed by atoms with Crippen molar-refractivity contribution in [3.63, 3.8) is 0 Å². The molecule has 0 fully saturated rings. The first kappa shape index (κ1) is 15.9. The van der Waals surface area contributed by atoms with Gasteiger partial charge in [0.05, 0.1) is 0 Å². The van der Waals surface area contributed by atoms with E-state index < -0.39 is 14.6 Å². The number of hydrogen-bond acceptors (Lipinski definition) is 3. The molecule has 1 rings (SSSR count). The molecule has 3 nitrogen and oxygen atoms in total. The van der Waals surface area contributed by atoms with Gasteiger partial charge < -0.3 is 0 Å². The third-order valence-electron chi connectivity index (χ3n) is 3.49. The Morgan fingerprint density at radius 3 is 1.68 bits per heavy atom. The average molecular weight is 282 g/mol. The quantitative estimate of drug-likeness (QED) is 0.801. The molecule has 0 radical (unpaired) electrons. The van der Waals surface area contributed by atoms with E-state index in [0.717, 1.165) is 11.8 Å². The van der Waals surface area contributed by atoms with E-state index in [4.69, 9.17) is 0 Å². The van der Waals surface area contributed by atoms with E-state index in [-0.39, 0.29) is 11.2 Å². The van der Waals surface area contributed by atoms with Crippen molar-refractivity contribution in [3.05, 3.63) is 35.4 Å². The largest absolute Gasteiger partial charge is 0.292 e. The van der Waals surface area contributed by atoms with Crippen LogP contribution in [0, 0.1) is 0 Å². The van der Waals surface area contributed by atoms with Gasteiger partial charge in [-0.05, 0) is 24.8 Å². The number of sulfone groups is 1. The molecule has 0 saturated heterocycles. The highest BCUT2D eigenvalue weighted by Gasteiger charge is 2.38. The van der Waals surface area contributed by atoms with Crippen LogP contribution in [0.1, 0.15) is 50.5 Å². The van der Waals surface area contributed by atoms with Crippen molar-refractivity contribution >= 4 is 15.6 Å². The van der Waals surface area contributed by atoms with Gasteiger partial charge in [0.25, 0.3) is 0 Å². The molecule has 0 spiro atoms. The van der Waals surface area contributed by atoms with Gasteiger partial charge in [-0.1, -0.05) is 45.0 Å². The summed E-state index contributed by atoms with van der Waals surface area (Å²) in [5.41, 5.74) is 1.55. The number of carbonyl (C=O) groups excluding carboxylic acids is 1. The highest BCUT2D eigenvalue weighted by molar-refractivity contribution is 7.92. The number of Topliss-reactive ketones (excluding diaryl/α,β-unsaturated/α-hetero) is 1. The summed E-state index contributed by atoms with van der Waals surface area (Å²) in [5.74, 6) is -0.365. The van der Waals surface area contributed by atoms with Gasteiger partial charge in [0.1, 0.15) is 4.75 Å². The average Bonchev–Trinajstić information content (AvgIpc) is 2.25. The van der Waals surface area contributed by atoms with Crippen molar-refractivity contribution in [2.24, 2.45) is 0 Å². The first-order chi connectivity index (χ1) is 8.37. The molecular formula is C15H22O3S. The highest BCUT2D eigenvalue weighted by Crippen LogP contribution is 2.25. The Balaban J connectivity index is 3.17. The molecule has 0 atom stereocenters. The summed E-state index contributed by atoms with van der Waals surface area (Å²) in [5, 5.41) is 0. The maximum Gasteiger partial charge on any atom is 0.183 e. The van der Waals surface area contributed by atoms with Crippen molar-refractivity contribution in [2.45, 2.75) is 44.8 Å². The molecule has 106 valence electrons. The maximum absolute atomic E-state index is 12.3. The lowest BCUT2D eigenvalue weighted by Gasteiger charge is -2.22. The van der Waals surface area contributed by atoms with Crippen molar-refractivity contribution in [2.75, 3.05) is 6.26 Å². The molecule has 0 unspecified atom stereocenters. The second kappa shape index (κ2) is 4.75. The molecule has 0 N–H and O–H groups in total. The lowest BCUT2D eigenvalue weighted by molar-refractivity contribution is 0.0954. The van der Waals surface area contributed by atoms with Crippen LogP contribution in [0.4, 0.5) is 0 Å². The smallest absolute Gasteiger partial charge is 0.183 e. The molecule has 0 heterocycles. The summed E-state index contributed by atoms with van der Waals surface area (Å²) in [7, 11) is -3.44. The zero-order valence-electron chi connectivity index (χ0n) is 12.4. The van der Waals surface area contributed by atoms with Crippen molar-refractivity contribution in [1.82, 2.24) is 0 Å². The fourth-order valence-corrected chi connectivity index (χ4v) is 2.09. The molecule has 0 bridgehead atoms. The Hall–Kier alpha value is -1.16. The molecule has 4 heteroatoms. The summed E-state index contributed by atoms with van der Waals surface area (Å²) in [6, 6.07) is 7.17. The lowest BCUT2D eigenvalue weighted by atomic mass is 9.86. The van der Waals surface area contributed by atoms with E-state index in [1.165, 1.54) is 13.8 Å². The van der Waals surface area contributed by atoms with Gasteiger partial charge in [0, 0.05) is 11.8 Å². The number of rotatable bonds is 3. The zero-order valence-corrected chi connectivity index (χ0v) is 13.3. The molecule has 0 aliphatic rings. The summed E-state index contributed by atoms with van der Waals surface area (Å²) in [6.07, 6.45) is 1.09. The zero-order chi connectivity index (χ0) is 15.1. The molecule has 0 aliphatic carbocycles. The predicted molar refractivity (Wildman–Crippen MR) is 78.4 cm³/mol. The van der Waals surface area contributed by atoms with Crippen molar-refractivity contribution in [1.29, 1.82) is 0 Å². The first-order valence-corrected chi connectivity index (χ1v) is 8.11. The van der Waals surface area contributed by atoms with Crippen LogP contribution in [0.15, 0.2) is 24.3 Å². The van der Waals surface area contributed by atoms with Crippen LogP contribution < -0.4 is 0 Å². The van der Waals surface area contributed by atoms with Crippen LogP contribution in [0.25, 0.3) is 0 Å². The minimum absolute atomic E-state index is 0.00787. The number of ketones is 1. The second-order valence-corrected chi connectivity index (χ2v) is 9.00. The van der Waals surface area contributed by atoms with Crippen LogP contribution in [0.3, 0.4) is 0 Å². The van der Waals surface area contributed by atoms with Crippen LogP contribution in [0.2, 0.25) is 0 Å². The van der Waals surface area contributed by atoms with Crippen LogP contribution >= 0.6 is 0 Å². The standard InChI is InChI=1S/C15H22O3S/c1-14(2,3)12-9-7-11(8-10-12)13(16)15(4,5)19(6,17)18/h7-10H,1-6H3. The fraction of sp³-hybridized carbons (Fsp3) is 0.533. The summed E-state index contributed by atoms with van der Waals surface area (Å²) < 4.78 is 22.0. The first-order valence-electron chi connectivity index (χ1n) is 6.22. The van der Waals surface area contributed by atoms with E-state index in [2.05, 4.69) is 20.8 Å². The van der Waals surface area contributed by atoms with Gasteiger partial charge in [0.2, 0.25) is 0 Å². The van der Waals surface area contributed by atoms with Gasteiger partial charge >= 0.3 is 0 Å². The van der Waals surface area contributed by atoms with E-state index in [1.807, 2.05) is 12.1 Å². The summed E-state index contributed by atoms with van der Waals surface area (Å²) in [4.78, 5) is 12.3. The van der Waals surface area contributed by atoms with Gasteiger partial charge in [-0.15, -0.1) is 0 Å². The van der Waals surface area contributed by atoms with Gasteiger partial charge in [-0.3, -0.25) is 4.79 Å². The van der Waals surface area contributed by atoms with Crippen LogP contribution in [-0.2, 0) is 15.3 Å². The number of hydrogen-bond donors (Lipinski definition) is 0. The SMILES string of the molecule is CC(C)(C)c1ccc(C(=O)C(C)(C)S(C)(=O)=O)cc1. The van der Waals surface area contributed by atoms with Crippen LogP contribution in [0.5, 0.6) is 0 Å². The maximum atomic E-state index is 12.3. The minimum Gasteiger partial charge on any atom is -0.292 e. The highest BCUT2D eigenvalue weighted by atomic mass is 32.2. The number of carbonyl (C=O) groups is 1. The van der Waals surface area contributed by atoms with E-state index >= 15 is 0 Å². The predicted octanol–water partition coefficient (Wildman–Crippen LogP) is 2.99. The third-order valence-corrected chi connectivity index (χ3v) is 5.53. The molecular weight excluding hydrogens is 260 g/mol. The van der Waals surface area contributed by atoms with Gasteiger partial charge in [-0.25, -0.2) is 8.42 Å². The summed E-state index contributed by atoms with van der Waals surface area (Å²) in [6.45, 7) is 9.16. The Bertz CT molecular complexity index is 573. The molecule has 19 heavy (non-hydrogen) atoms. The van der Waals surface area contributed by atoms with Crippen LogP contribution in [-0.4, -0.2) is 25.2 Å². The van der Waals surface area contributed by atoms with E-state index in [0.29, 0.717) is 5.56 Å². The number of benzene rings is 1. The van der Waals surface area contributed by atoms with E-state index in [1.54, 1.807) is 12.1 Å². The lowest BCUT2D eigenvalue weighted by Crippen LogP contribution is -2.39. The Labute approximate surface area is 116 Å².